The zero-order chi connectivity index (χ0) is 18.0. The molecular formula is C17H19FN4O3. The van der Waals surface area contributed by atoms with E-state index in [-0.39, 0.29) is 23.3 Å². The van der Waals surface area contributed by atoms with Crippen molar-refractivity contribution in [2.24, 2.45) is 10.7 Å². The van der Waals surface area contributed by atoms with E-state index in [2.05, 4.69) is 9.98 Å². The fraction of sp³-hybridized carbons (Fsp3) is 0.353. The average Bonchev–Trinajstić information content (AvgIpc) is 2.57. The maximum Gasteiger partial charge on any atom is 0.335 e. The van der Waals surface area contributed by atoms with Gasteiger partial charge in [-0.25, -0.2) is 13.8 Å². The number of hydrogen-bond donors (Lipinski definition) is 3. The highest BCUT2D eigenvalue weighted by atomic mass is 19.1. The van der Waals surface area contributed by atoms with Crippen LogP contribution in [-0.4, -0.2) is 33.0 Å². The molecule has 3 rings (SSSR count). The van der Waals surface area contributed by atoms with E-state index < -0.39 is 22.9 Å². The quantitative estimate of drug-likeness (QED) is 0.721. The van der Waals surface area contributed by atoms with Gasteiger partial charge in [-0.3, -0.25) is 14.8 Å². The second-order valence-corrected chi connectivity index (χ2v) is 6.08. The first kappa shape index (κ1) is 17.1. The highest BCUT2D eigenvalue weighted by molar-refractivity contribution is 5.82. The lowest BCUT2D eigenvalue weighted by Gasteiger charge is -2.24. The van der Waals surface area contributed by atoms with Crippen LogP contribution in [-0.2, 0) is 0 Å². The molecule has 0 aliphatic heterocycles. The number of nitrogens with one attached hydrogen (secondary N) is 1. The van der Waals surface area contributed by atoms with E-state index in [9.17, 15) is 19.1 Å². The molecular weight excluding hydrogens is 327 g/mol. The van der Waals surface area contributed by atoms with Crippen LogP contribution in [0.1, 0.15) is 31.2 Å². The molecule has 1 fully saturated rings. The van der Waals surface area contributed by atoms with Gasteiger partial charge in [0.1, 0.15) is 11.4 Å². The van der Waals surface area contributed by atoms with Crippen molar-refractivity contribution in [2.45, 2.75) is 37.8 Å². The van der Waals surface area contributed by atoms with Crippen molar-refractivity contribution in [3.63, 3.8) is 0 Å². The first-order valence-electron chi connectivity index (χ1n) is 8.11. The van der Waals surface area contributed by atoms with Gasteiger partial charge in [0.2, 0.25) is 5.88 Å². The average molecular weight is 346 g/mol. The van der Waals surface area contributed by atoms with Crippen molar-refractivity contribution < 1.29 is 9.50 Å². The number of H-pyrrole nitrogens is 1. The minimum Gasteiger partial charge on any atom is -0.493 e. The molecule has 0 amide bonds. The number of rotatable bonds is 3. The Labute approximate surface area is 142 Å². The third-order valence-electron chi connectivity index (χ3n) is 4.39. The minimum atomic E-state index is -0.931. The second kappa shape index (κ2) is 7.02. The summed E-state index contributed by atoms with van der Waals surface area (Å²) < 4.78 is 14.7. The Morgan fingerprint density at radius 3 is 2.72 bits per heavy atom. The van der Waals surface area contributed by atoms with Gasteiger partial charge in [-0.15, -0.1) is 0 Å². The zero-order valence-electron chi connectivity index (χ0n) is 13.5. The van der Waals surface area contributed by atoms with Crippen LogP contribution in [0.15, 0.2) is 38.8 Å². The van der Waals surface area contributed by atoms with Crippen LogP contribution >= 0.6 is 0 Å². The van der Waals surface area contributed by atoms with Gasteiger partial charge in [-0.1, -0.05) is 25.0 Å². The first-order chi connectivity index (χ1) is 12.0. The van der Waals surface area contributed by atoms with Crippen LogP contribution in [0.25, 0.3) is 5.69 Å². The number of aromatic hydroxyl groups is 1. The van der Waals surface area contributed by atoms with Gasteiger partial charge in [0.05, 0.1) is 11.7 Å². The van der Waals surface area contributed by atoms with Gasteiger partial charge < -0.3 is 10.8 Å². The Morgan fingerprint density at radius 2 is 2.00 bits per heavy atom. The normalized spacial score (nSPS) is 20.9. The Kier molecular flexibility index (Phi) is 4.80. The summed E-state index contributed by atoms with van der Waals surface area (Å²) in [7, 11) is 0. The molecule has 1 aliphatic carbocycles. The monoisotopic (exact) mass is 346 g/mol. The molecule has 4 N–H and O–H groups in total. The van der Waals surface area contributed by atoms with E-state index in [1.165, 1.54) is 24.4 Å². The standard InChI is InChI=1S/C17H19FN4O3/c18-11-5-1-4-8-14(11)22-16(24)10(15(23)21-17(22)25)9-20-13-7-3-2-6-12(13)19/h1,4-5,8-9,12-13,24H,2-3,6-7,19H2,(H,21,23,25). The predicted octanol–water partition coefficient (Wildman–Crippen LogP) is 1.06. The summed E-state index contributed by atoms with van der Waals surface area (Å²) in [6, 6.07) is 5.20. The topological polar surface area (TPSA) is 113 Å². The summed E-state index contributed by atoms with van der Waals surface area (Å²) in [6.07, 6.45) is 4.88. The fourth-order valence-electron chi connectivity index (χ4n) is 3.01. The number of nitrogens with zero attached hydrogens (tertiary/aromatic N) is 2. The smallest absolute Gasteiger partial charge is 0.335 e. The van der Waals surface area contributed by atoms with E-state index in [4.69, 9.17) is 5.73 Å². The van der Waals surface area contributed by atoms with E-state index in [0.29, 0.717) is 4.57 Å². The SMILES string of the molecule is NC1CCCCC1N=Cc1c(O)n(-c2ccccc2F)c(=O)[nH]c1=O. The number of aromatic nitrogens is 2. The van der Waals surface area contributed by atoms with Crippen LogP contribution in [0.4, 0.5) is 4.39 Å². The van der Waals surface area contributed by atoms with Crippen LogP contribution in [0.3, 0.4) is 0 Å². The highest BCUT2D eigenvalue weighted by Gasteiger charge is 2.21. The Bertz CT molecular complexity index is 919. The van der Waals surface area contributed by atoms with Crippen molar-refractivity contribution in [2.75, 3.05) is 0 Å². The minimum absolute atomic E-state index is 0.108. The summed E-state index contributed by atoms with van der Waals surface area (Å²) >= 11 is 0. The van der Waals surface area contributed by atoms with Gasteiger partial charge in [0.15, 0.2) is 0 Å². The largest absolute Gasteiger partial charge is 0.493 e. The molecule has 2 unspecified atom stereocenters. The van der Waals surface area contributed by atoms with Crippen LogP contribution in [0.5, 0.6) is 5.88 Å². The molecule has 2 aromatic rings. The Balaban J connectivity index is 2.06. The number of aromatic amines is 1. The summed E-state index contributed by atoms with van der Waals surface area (Å²) in [6.45, 7) is 0. The lowest BCUT2D eigenvalue weighted by Crippen LogP contribution is -2.36. The molecule has 1 aromatic heterocycles. The van der Waals surface area contributed by atoms with E-state index in [1.54, 1.807) is 0 Å². The number of nitrogens with two attached hydrogens (primary N) is 1. The molecule has 1 saturated carbocycles. The van der Waals surface area contributed by atoms with E-state index in [1.807, 2.05) is 0 Å². The molecule has 7 nitrogen and oxygen atoms in total. The molecule has 8 heteroatoms. The molecule has 132 valence electrons. The Morgan fingerprint density at radius 1 is 1.28 bits per heavy atom. The first-order valence-corrected chi connectivity index (χ1v) is 8.11. The molecule has 0 saturated heterocycles. The summed E-state index contributed by atoms with van der Waals surface area (Å²) in [5, 5.41) is 10.4. The van der Waals surface area contributed by atoms with Gasteiger partial charge in [-0.05, 0) is 25.0 Å². The van der Waals surface area contributed by atoms with E-state index in [0.717, 1.165) is 31.7 Å². The number of para-hydroxylation sites is 1. The highest BCUT2D eigenvalue weighted by Crippen LogP contribution is 2.21. The molecule has 1 heterocycles. The summed E-state index contributed by atoms with van der Waals surface area (Å²) in [4.78, 5) is 30.5. The lowest BCUT2D eigenvalue weighted by molar-refractivity contribution is 0.387. The van der Waals surface area contributed by atoms with Gasteiger partial charge >= 0.3 is 5.69 Å². The molecule has 1 aromatic carbocycles. The van der Waals surface area contributed by atoms with Crippen molar-refractivity contribution >= 4 is 6.21 Å². The van der Waals surface area contributed by atoms with E-state index >= 15 is 0 Å². The fourth-order valence-corrected chi connectivity index (χ4v) is 3.01. The Hall–Kier alpha value is -2.74. The van der Waals surface area contributed by atoms with Crippen LogP contribution in [0.2, 0.25) is 0 Å². The number of benzene rings is 1. The third kappa shape index (κ3) is 3.39. The summed E-state index contributed by atoms with van der Waals surface area (Å²) in [5.74, 6) is -1.36. The van der Waals surface area contributed by atoms with Crippen molar-refractivity contribution in [1.29, 1.82) is 0 Å². The number of aliphatic imine (C=N–C) groups is 1. The van der Waals surface area contributed by atoms with Crippen molar-refractivity contribution in [3.8, 4) is 11.6 Å². The maximum atomic E-state index is 14.0. The van der Waals surface area contributed by atoms with Crippen molar-refractivity contribution in [1.82, 2.24) is 9.55 Å². The number of hydrogen-bond acceptors (Lipinski definition) is 5. The molecule has 2 atom stereocenters. The number of halogens is 1. The second-order valence-electron chi connectivity index (χ2n) is 6.08. The molecule has 0 radical (unpaired) electrons. The lowest BCUT2D eigenvalue weighted by atomic mass is 9.91. The van der Waals surface area contributed by atoms with Gasteiger partial charge in [-0.2, -0.15) is 0 Å². The molecule has 25 heavy (non-hydrogen) atoms. The van der Waals surface area contributed by atoms with Crippen LogP contribution in [0, 0.1) is 5.82 Å². The molecule has 1 aliphatic rings. The van der Waals surface area contributed by atoms with Crippen molar-refractivity contribution in [3.05, 3.63) is 56.5 Å². The van der Waals surface area contributed by atoms with Gasteiger partial charge in [0.25, 0.3) is 5.56 Å². The van der Waals surface area contributed by atoms with Gasteiger partial charge in [0, 0.05) is 12.3 Å². The summed E-state index contributed by atoms with van der Waals surface area (Å²) in [5.41, 5.74) is 3.93. The predicted molar refractivity (Wildman–Crippen MR) is 92.1 cm³/mol. The zero-order valence-corrected chi connectivity index (χ0v) is 13.5. The van der Waals surface area contributed by atoms with Crippen LogP contribution < -0.4 is 17.0 Å². The third-order valence-corrected chi connectivity index (χ3v) is 4.39. The molecule has 0 spiro atoms. The maximum absolute atomic E-state index is 14.0. The molecule has 0 bridgehead atoms.